The van der Waals surface area contributed by atoms with E-state index in [9.17, 15) is 9.90 Å². The smallest absolute Gasteiger partial charge is 0.247 e. The van der Waals surface area contributed by atoms with E-state index in [1.807, 2.05) is 19.1 Å². The van der Waals surface area contributed by atoms with Crippen molar-refractivity contribution >= 4 is 11.6 Å². The SMILES string of the molecule is Cc1ccc(-c2nnco2)cc1NC(=O)CC1(O)CCCC1. The monoisotopic (exact) mass is 301 g/mol. The fraction of sp³-hybridized carbons (Fsp3) is 0.438. The van der Waals surface area contributed by atoms with Crippen LogP contribution in [0.3, 0.4) is 0 Å². The first-order valence-corrected chi connectivity index (χ1v) is 7.45. The van der Waals surface area contributed by atoms with Crippen LogP contribution in [0.5, 0.6) is 0 Å². The van der Waals surface area contributed by atoms with Gasteiger partial charge in [-0.25, -0.2) is 0 Å². The number of benzene rings is 1. The molecule has 1 saturated carbocycles. The molecule has 0 saturated heterocycles. The number of nitrogens with zero attached hydrogens (tertiary/aromatic N) is 2. The van der Waals surface area contributed by atoms with Crippen LogP contribution in [0, 0.1) is 6.92 Å². The minimum Gasteiger partial charge on any atom is -0.423 e. The Morgan fingerprint density at radius 1 is 1.41 bits per heavy atom. The molecule has 6 nitrogen and oxygen atoms in total. The molecule has 1 heterocycles. The molecular weight excluding hydrogens is 282 g/mol. The van der Waals surface area contributed by atoms with Crippen molar-refractivity contribution in [3.05, 3.63) is 30.2 Å². The molecule has 116 valence electrons. The summed E-state index contributed by atoms with van der Waals surface area (Å²) in [6.07, 6.45) is 4.76. The maximum atomic E-state index is 12.2. The Hall–Kier alpha value is -2.21. The van der Waals surface area contributed by atoms with E-state index in [-0.39, 0.29) is 12.3 Å². The zero-order valence-corrected chi connectivity index (χ0v) is 12.5. The Morgan fingerprint density at radius 3 is 2.86 bits per heavy atom. The molecule has 22 heavy (non-hydrogen) atoms. The van der Waals surface area contributed by atoms with Gasteiger partial charge in [0.25, 0.3) is 0 Å². The summed E-state index contributed by atoms with van der Waals surface area (Å²) in [5, 5.41) is 20.7. The first kappa shape index (κ1) is 14.7. The molecule has 1 aliphatic carbocycles. The molecule has 1 fully saturated rings. The molecular formula is C16H19N3O3. The predicted molar refractivity (Wildman–Crippen MR) is 81.1 cm³/mol. The van der Waals surface area contributed by atoms with Crippen molar-refractivity contribution in [1.29, 1.82) is 0 Å². The third-order valence-electron chi connectivity index (χ3n) is 4.14. The maximum absolute atomic E-state index is 12.2. The largest absolute Gasteiger partial charge is 0.423 e. The van der Waals surface area contributed by atoms with E-state index in [0.29, 0.717) is 24.4 Å². The number of aromatic nitrogens is 2. The molecule has 1 aromatic carbocycles. The lowest BCUT2D eigenvalue weighted by Gasteiger charge is -2.21. The van der Waals surface area contributed by atoms with Crippen LogP contribution < -0.4 is 5.32 Å². The van der Waals surface area contributed by atoms with Crippen molar-refractivity contribution in [1.82, 2.24) is 10.2 Å². The van der Waals surface area contributed by atoms with Gasteiger partial charge in [-0.05, 0) is 37.5 Å². The quantitative estimate of drug-likeness (QED) is 0.906. The molecule has 0 unspecified atom stereocenters. The number of carbonyl (C=O) groups is 1. The molecule has 1 amide bonds. The summed E-state index contributed by atoms with van der Waals surface area (Å²) in [5.41, 5.74) is 1.54. The molecule has 0 radical (unpaired) electrons. The van der Waals surface area contributed by atoms with Gasteiger partial charge < -0.3 is 14.8 Å². The van der Waals surface area contributed by atoms with Gasteiger partial charge in [0.15, 0.2) is 0 Å². The third-order valence-corrected chi connectivity index (χ3v) is 4.14. The Labute approximate surface area is 128 Å². The molecule has 2 N–H and O–H groups in total. The molecule has 0 spiro atoms. The van der Waals surface area contributed by atoms with E-state index in [4.69, 9.17) is 4.42 Å². The van der Waals surface area contributed by atoms with E-state index < -0.39 is 5.60 Å². The van der Waals surface area contributed by atoms with Crippen molar-refractivity contribution in [2.45, 2.75) is 44.6 Å². The van der Waals surface area contributed by atoms with E-state index in [0.717, 1.165) is 24.0 Å². The van der Waals surface area contributed by atoms with Gasteiger partial charge in [-0.2, -0.15) is 0 Å². The number of hydrogen-bond donors (Lipinski definition) is 2. The van der Waals surface area contributed by atoms with Crippen molar-refractivity contribution in [2.75, 3.05) is 5.32 Å². The highest BCUT2D eigenvalue weighted by molar-refractivity contribution is 5.92. The van der Waals surface area contributed by atoms with E-state index in [1.165, 1.54) is 6.39 Å². The van der Waals surface area contributed by atoms with Crippen molar-refractivity contribution in [3.63, 3.8) is 0 Å². The lowest BCUT2D eigenvalue weighted by atomic mass is 9.97. The third kappa shape index (κ3) is 3.17. The van der Waals surface area contributed by atoms with Gasteiger partial charge in [-0.3, -0.25) is 4.79 Å². The summed E-state index contributed by atoms with van der Waals surface area (Å²) in [5.74, 6) is 0.236. The first-order valence-electron chi connectivity index (χ1n) is 7.45. The second kappa shape index (κ2) is 5.88. The maximum Gasteiger partial charge on any atom is 0.247 e. The molecule has 0 atom stereocenters. The Balaban J connectivity index is 1.74. The van der Waals surface area contributed by atoms with Crippen LogP contribution in [0.4, 0.5) is 5.69 Å². The average Bonchev–Trinajstić information content (AvgIpc) is 3.13. The zero-order valence-electron chi connectivity index (χ0n) is 12.5. The molecule has 2 aromatic rings. The Morgan fingerprint density at radius 2 is 2.18 bits per heavy atom. The summed E-state index contributed by atoms with van der Waals surface area (Å²) >= 11 is 0. The summed E-state index contributed by atoms with van der Waals surface area (Å²) in [7, 11) is 0. The van der Waals surface area contributed by atoms with Gasteiger partial charge in [-0.15, -0.1) is 10.2 Å². The fourth-order valence-electron chi connectivity index (χ4n) is 2.89. The zero-order chi connectivity index (χ0) is 15.6. The minimum atomic E-state index is -0.845. The number of anilines is 1. The number of aliphatic hydroxyl groups is 1. The second-order valence-electron chi connectivity index (χ2n) is 5.93. The normalized spacial score (nSPS) is 16.6. The number of nitrogens with one attached hydrogen (secondary N) is 1. The average molecular weight is 301 g/mol. The molecule has 3 rings (SSSR count). The fourth-order valence-corrected chi connectivity index (χ4v) is 2.89. The van der Waals surface area contributed by atoms with Crippen LogP contribution in [-0.4, -0.2) is 26.8 Å². The summed E-state index contributed by atoms with van der Waals surface area (Å²) in [6.45, 7) is 1.91. The number of hydrogen-bond acceptors (Lipinski definition) is 5. The number of amides is 1. The standard InChI is InChI=1S/C16H19N3O3/c1-11-4-5-12(15-19-17-10-22-15)8-13(11)18-14(20)9-16(21)6-2-3-7-16/h4-5,8,10,21H,2-3,6-7,9H2,1H3,(H,18,20). The number of carbonyl (C=O) groups excluding carboxylic acids is 1. The summed E-state index contributed by atoms with van der Waals surface area (Å²) in [4.78, 5) is 12.2. The second-order valence-corrected chi connectivity index (χ2v) is 5.93. The van der Waals surface area contributed by atoms with Crippen LogP contribution in [0.2, 0.25) is 0 Å². The van der Waals surface area contributed by atoms with Crippen molar-refractivity contribution < 1.29 is 14.3 Å². The Kier molecular flexibility index (Phi) is 3.94. The molecule has 0 bridgehead atoms. The van der Waals surface area contributed by atoms with Crippen LogP contribution in [0.1, 0.15) is 37.7 Å². The van der Waals surface area contributed by atoms with E-state index in [2.05, 4.69) is 15.5 Å². The predicted octanol–water partition coefficient (Wildman–Crippen LogP) is 2.68. The highest BCUT2D eigenvalue weighted by Crippen LogP contribution is 2.33. The van der Waals surface area contributed by atoms with Gasteiger partial charge >= 0.3 is 0 Å². The van der Waals surface area contributed by atoms with Gasteiger partial charge in [0.1, 0.15) is 0 Å². The summed E-state index contributed by atoms with van der Waals surface area (Å²) < 4.78 is 5.17. The van der Waals surface area contributed by atoms with Crippen molar-refractivity contribution in [2.24, 2.45) is 0 Å². The number of aryl methyl sites for hydroxylation is 1. The minimum absolute atomic E-state index is 0.136. The van der Waals surface area contributed by atoms with Crippen LogP contribution in [-0.2, 0) is 4.79 Å². The highest BCUT2D eigenvalue weighted by atomic mass is 16.4. The molecule has 1 aromatic heterocycles. The molecule has 1 aliphatic rings. The Bertz CT molecular complexity index is 661. The lowest BCUT2D eigenvalue weighted by Crippen LogP contribution is -2.30. The van der Waals surface area contributed by atoms with Gasteiger partial charge in [0.05, 0.1) is 12.0 Å². The van der Waals surface area contributed by atoms with Crippen molar-refractivity contribution in [3.8, 4) is 11.5 Å². The van der Waals surface area contributed by atoms with Crippen LogP contribution >= 0.6 is 0 Å². The molecule has 0 aliphatic heterocycles. The highest BCUT2D eigenvalue weighted by Gasteiger charge is 2.33. The topological polar surface area (TPSA) is 88.3 Å². The van der Waals surface area contributed by atoms with Crippen LogP contribution in [0.15, 0.2) is 29.0 Å². The molecule has 6 heteroatoms. The lowest BCUT2D eigenvalue weighted by molar-refractivity contribution is -0.120. The van der Waals surface area contributed by atoms with E-state index >= 15 is 0 Å². The summed E-state index contributed by atoms with van der Waals surface area (Å²) in [6, 6.07) is 5.56. The first-order chi connectivity index (χ1) is 10.6. The van der Waals surface area contributed by atoms with Gasteiger partial charge in [0, 0.05) is 11.3 Å². The van der Waals surface area contributed by atoms with E-state index in [1.54, 1.807) is 6.07 Å². The van der Waals surface area contributed by atoms with Crippen LogP contribution in [0.25, 0.3) is 11.5 Å². The number of rotatable bonds is 4. The van der Waals surface area contributed by atoms with Gasteiger partial charge in [-0.1, -0.05) is 18.9 Å². The van der Waals surface area contributed by atoms with Gasteiger partial charge in [0.2, 0.25) is 18.2 Å².